The van der Waals surface area contributed by atoms with Crippen LogP contribution in [0.5, 0.6) is 0 Å². The molecule has 0 aliphatic heterocycles. The van der Waals surface area contributed by atoms with Crippen molar-refractivity contribution in [1.82, 2.24) is 15.3 Å². The molecule has 3 aromatic rings. The molecule has 1 aliphatic rings. The van der Waals surface area contributed by atoms with Crippen molar-refractivity contribution in [2.24, 2.45) is 0 Å². The van der Waals surface area contributed by atoms with Gasteiger partial charge in [-0.05, 0) is 42.8 Å². The molecule has 1 aliphatic carbocycles. The largest absolute Gasteiger partial charge is 0.434 e. The van der Waals surface area contributed by atoms with Crippen molar-refractivity contribution >= 4 is 28.4 Å². The first kappa shape index (κ1) is 17.7. The molecule has 0 fully saturated rings. The number of oxazole rings is 1. The monoisotopic (exact) mass is 372 g/mol. The molecule has 28 heavy (non-hydrogen) atoms. The van der Waals surface area contributed by atoms with Gasteiger partial charge in [0.15, 0.2) is 11.2 Å². The fraction of sp³-hybridized carbons (Fsp3) is 0.136. The number of nitrogens with zero attached hydrogens (tertiary/aromatic N) is 3. The number of fused-ring (bicyclic) bond motifs is 1. The van der Waals surface area contributed by atoms with E-state index >= 15 is 0 Å². The van der Waals surface area contributed by atoms with Gasteiger partial charge < -0.3 is 14.6 Å². The number of allylic oxidation sites excluding steroid dienone is 5. The summed E-state index contributed by atoms with van der Waals surface area (Å²) in [7, 11) is 3.89. The Bertz CT molecular complexity index is 1090. The van der Waals surface area contributed by atoms with E-state index in [-0.39, 0.29) is 5.91 Å². The van der Waals surface area contributed by atoms with Gasteiger partial charge in [0.05, 0.1) is 11.3 Å². The van der Waals surface area contributed by atoms with E-state index in [9.17, 15) is 4.79 Å². The summed E-state index contributed by atoms with van der Waals surface area (Å²) < 4.78 is 5.86. The lowest BCUT2D eigenvalue weighted by Crippen LogP contribution is -2.24. The maximum atomic E-state index is 12.9. The molecule has 1 N–H and O–H groups in total. The van der Waals surface area contributed by atoms with E-state index in [0.29, 0.717) is 40.4 Å². The number of hydrogen-bond donors (Lipinski definition) is 1. The molecule has 140 valence electrons. The van der Waals surface area contributed by atoms with E-state index in [2.05, 4.69) is 15.3 Å². The van der Waals surface area contributed by atoms with E-state index in [1.54, 1.807) is 18.3 Å². The fourth-order valence-electron chi connectivity index (χ4n) is 2.94. The average molecular weight is 372 g/mol. The molecule has 0 saturated heterocycles. The molecule has 0 spiro atoms. The zero-order valence-corrected chi connectivity index (χ0v) is 15.7. The van der Waals surface area contributed by atoms with Gasteiger partial charge >= 0.3 is 0 Å². The van der Waals surface area contributed by atoms with Gasteiger partial charge in [-0.2, -0.15) is 4.98 Å². The minimum atomic E-state index is -0.183. The minimum Gasteiger partial charge on any atom is -0.434 e. The summed E-state index contributed by atoms with van der Waals surface area (Å²) in [6.45, 7) is 0. The van der Waals surface area contributed by atoms with Crippen molar-refractivity contribution in [2.45, 2.75) is 6.42 Å². The third kappa shape index (κ3) is 3.57. The SMILES string of the molecule is CN(C)c1cccc(C(=O)NC2=CCC=CC=C2c2nc3ncccc3o2)c1. The highest BCUT2D eigenvalue weighted by molar-refractivity contribution is 5.98. The average Bonchev–Trinajstić information content (AvgIpc) is 3.00. The number of rotatable bonds is 4. The van der Waals surface area contributed by atoms with Crippen molar-refractivity contribution in [1.29, 1.82) is 0 Å². The second kappa shape index (κ2) is 7.52. The lowest BCUT2D eigenvalue weighted by Gasteiger charge is -2.14. The molecular formula is C22H20N4O2. The Kier molecular flexibility index (Phi) is 4.76. The first-order valence-corrected chi connectivity index (χ1v) is 9.00. The van der Waals surface area contributed by atoms with Crippen molar-refractivity contribution in [3.8, 4) is 0 Å². The number of carbonyl (C=O) groups is 1. The number of nitrogens with one attached hydrogen (secondary N) is 1. The van der Waals surface area contributed by atoms with E-state index in [4.69, 9.17) is 4.42 Å². The van der Waals surface area contributed by atoms with Crippen LogP contribution < -0.4 is 10.2 Å². The Morgan fingerprint density at radius 2 is 2.11 bits per heavy atom. The predicted molar refractivity (Wildman–Crippen MR) is 110 cm³/mol. The van der Waals surface area contributed by atoms with Crippen LogP contribution in [0.4, 0.5) is 5.69 Å². The highest BCUT2D eigenvalue weighted by Gasteiger charge is 2.18. The molecule has 0 bridgehead atoms. The van der Waals surface area contributed by atoms with Crippen LogP contribution in [-0.2, 0) is 0 Å². The molecule has 0 saturated carbocycles. The smallest absolute Gasteiger partial charge is 0.255 e. The Labute approximate surface area is 162 Å². The van der Waals surface area contributed by atoms with Crippen LogP contribution in [0, 0.1) is 0 Å². The number of hydrogen-bond acceptors (Lipinski definition) is 5. The maximum Gasteiger partial charge on any atom is 0.255 e. The van der Waals surface area contributed by atoms with Crippen LogP contribution in [0.3, 0.4) is 0 Å². The first-order valence-electron chi connectivity index (χ1n) is 9.00. The van der Waals surface area contributed by atoms with Crippen LogP contribution in [-0.4, -0.2) is 30.0 Å². The Morgan fingerprint density at radius 1 is 1.21 bits per heavy atom. The van der Waals surface area contributed by atoms with Crippen LogP contribution >= 0.6 is 0 Å². The molecule has 0 radical (unpaired) electrons. The van der Waals surface area contributed by atoms with E-state index in [1.807, 2.05) is 67.6 Å². The minimum absolute atomic E-state index is 0.183. The van der Waals surface area contributed by atoms with Crippen LogP contribution in [0.15, 0.2) is 77.0 Å². The summed E-state index contributed by atoms with van der Waals surface area (Å²) in [6.07, 6.45) is 10.1. The highest BCUT2D eigenvalue weighted by Crippen LogP contribution is 2.26. The van der Waals surface area contributed by atoms with Gasteiger partial charge in [-0.3, -0.25) is 4.79 Å². The van der Waals surface area contributed by atoms with Gasteiger partial charge in [-0.25, -0.2) is 4.98 Å². The number of aromatic nitrogens is 2. The quantitative estimate of drug-likeness (QED) is 0.751. The van der Waals surface area contributed by atoms with Crippen LogP contribution in [0.1, 0.15) is 22.7 Å². The summed E-state index contributed by atoms with van der Waals surface area (Å²) in [5, 5.41) is 3.01. The summed E-state index contributed by atoms with van der Waals surface area (Å²) in [6, 6.07) is 11.1. The van der Waals surface area contributed by atoms with Crippen molar-refractivity contribution < 1.29 is 9.21 Å². The van der Waals surface area contributed by atoms with Gasteiger partial charge in [0.2, 0.25) is 5.89 Å². The van der Waals surface area contributed by atoms with Gasteiger partial charge in [0.1, 0.15) is 0 Å². The lowest BCUT2D eigenvalue weighted by molar-refractivity contribution is 0.0967. The Morgan fingerprint density at radius 3 is 2.93 bits per heavy atom. The molecule has 2 aromatic heterocycles. The zero-order chi connectivity index (χ0) is 19.5. The number of carbonyl (C=O) groups excluding carboxylic acids is 1. The number of anilines is 1. The first-order chi connectivity index (χ1) is 13.6. The van der Waals surface area contributed by atoms with Crippen LogP contribution in [0.2, 0.25) is 0 Å². The van der Waals surface area contributed by atoms with E-state index < -0.39 is 0 Å². The van der Waals surface area contributed by atoms with Gasteiger partial charge in [-0.15, -0.1) is 0 Å². The molecule has 1 amide bonds. The molecule has 6 nitrogen and oxygen atoms in total. The standard InChI is InChI=1S/C22H20N4O2/c1-26(2)16-9-6-8-15(14-16)21(27)24-18-11-5-3-4-10-17(18)22-25-20-19(28-22)12-7-13-23-20/h3-4,6-14H,5H2,1-2H3,(H,24,27). The van der Waals surface area contributed by atoms with E-state index in [1.165, 1.54) is 0 Å². The zero-order valence-electron chi connectivity index (χ0n) is 15.7. The Balaban J connectivity index is 1.64. The molecule has 4 rings (SSSR count). The third-order valence-corrected chi connectivity index (χ3v) is 4.42. The van der Waals surface area contributed by atoms with Crippen LogP contribution in [0.25, 0.3) is 16.8 Å². The van der Waals surface area contributed by atoms with Gasteiger partial charge in [-0.1, -0.05) is 24.3 Å². The number of pyridine rings is 1. The molecule has 6 heteroatoms. The fourth-order valence-corrected chi connectivity index (χ4v) is 2.94. The second-order valence-electron chi connectivity index (χ2n) is 6.61. The summed E-state index contributed by atoms with van der Waals surface area (Å²) in [5.41, 5.74) is 4.07. The van der Waals surface area contributed by atoms with Crippen molar-refractivity contribution in [3.05, 3.63) is 84.1 Å². The van der Waals surface area contributed by atoms with Gasteiger partial charge in [0.25, 0.3) is 5.91 Å². The highest BCUT2D eigenvalue weighted by atomic mass is 16.3. The van der Waals surface area contributed by atoms with E-state index in [0.717, 1.165) is 5.69 Å². The lowest BCUT2D eigenvalue weighted by atomic mass is 10.1. The molecule has 0 atom stereocenters. The normalized spacial score (nSPS) is 13.6. The van der Waals surface area contributed by atoms with Crippen molar-refractivity contribution in [3.63, 3.8) is 0 Å². The van der Waals surface area contributed by atoms with Crippen molar-refractivity contribution in [2.75, 3.05) is 19.0 Å². The molecule has 0 unspecified atom stereocenters. The summed E-state index contributed by atoms with van der Waals surface area (Å²) in [5.74, 6) is 0.242. The molecule has 1 aromatic carbocycles. The number of benzene rings is 1. The predicted octanol–water partition coefficient (Wildman–Crippen LogP) is 3.95. The Hall–Kier alpha value is -3.67. The molecular weight excluding hydrogens is 352 g/mol. The summed E-state index contributed by atoms with van der Waals surface area (Å²) >= 11 is 0. The topological polar surface area (TPSA) is 71.3 Å². The third-order valence-electron chi connectivity index (χ3n) is 4.42. The molecule has 2 heterocycles. The maximum absolute atomic E-state index is 12.9. The summed E-state index contributed by atoms with van der Waals surface area (Å²) in [4.78, 5) is 23.5. The number of amides is 1. The van der Waals surface area contributed by atoms with Gasteiger partial charge in [0, 0.05) is 31.5 Å². The second-order valence-corrected chi connectivity index (χ2v) is 6.61.